The molecule has 0 unspecified atom stereocenters. The molecule has 0 radical (unpaired) electrons. The van der Waals surface area contributed by atoms with E-state index in [0.29, 0.717) is 19.4 Å². The Morgan fingerprint density at radius 3 is 2.74 bits per heavy atom. The van der Waals surface area contributed by atoms with E-state index in [2.05, 4.69) is 10.3 Å². The van der Waals surface area contributed by atoms with E-state index in [9.17, 15) is 18.0 Å². The van der Waals surface area contributed by atoms with Crippen LogP contribution in [0.5, 0.6) is 0 Å². The lowest BCUT2D eigenvalue weighted by Gasteiger charge is -2.33. The maximum Gasteiger partial charge on any atom is 0.393 e. The van der Waals surface area contributed by atoms with Crippen LogP contribution >= 0.6 is 0 Å². The maximum absolute atomic E-state index is 13.0. The van der Waals surface area contributed by atoms with Gasteiger partial charge in [0.25, 0.3) is 0 Å². The average Bonchev–Trinajstić information content (AvgIpc) is 2.93. The van der Waals surface area contributed by atoms with Crippen molar-refractivity contribution < 1.29 is 18.0 Å². The van der Waals surface area contributed by atoms with Crippen LogP contribution < -0.4 is 5.32 Å². The molecule has 0 aromatic carbocycles. The summed E-state index contributed by atoms with van der Waals surface area (Å²) in [5.74, 6) is -0.626. The molecule has 130 valence electrons. The van der Waals surface area contributed by atoms with Gasteiger partial charge >= 0.3 is 6.18 Å². The van der Waals surface area contributed by atoms with Crippen molar-refractivity contribution in [3.05, 3.63) is 18.2 Å². The molecule has 23 heavy (non-hydrogen) atoms. The molecular weight excluding hydrogens is 307 g/mol. The van der Waals surface area contributed by atoms with Crippen molar-refractivity contribution in [2.45, 2.75) is 70.6 Å². The monoisotopic (exact) mass is 331 g/mol. The van der Waals surface area contributed by atoms with Gasteiger partial charge in [0, 0.05) is 37.3 Å². The quantitative estimate of drug-likeness (QED) is 0.895. The largest absolute Gasteiger partial charge is 0.393 e. The van der Waals surface area contributed by atoms with Gasteiger partial charge in [-0.25, -0.2) is 4.98 Å². The summed E-state index contributed by atoms with van der Waals surface area (Å²) >= 11 is 0. The van der Waals surface area contributed by atoms with Gasteiger partial charge in [-0.2, -0.15) is 13.2 Å². The van der Waals surface area contributed by atoms with E-state index in [1.165, 1.54) is 0 Å². The van der Waals surface area contributed by atoms with Crippen molar-refractivity contribution in [1.82, 2.24) is 14.9 Å². The molecule has 2 atom stereocenters. The van der Waals surface area contributed by atoms with E-state index in [0.717, 1.165) is 12.2 Å². The van der Waals surface area contributed by atoms with Gasteiger partial charge in [-0.15, -0.1) is 0 Å². The molecule has 0 aliphatic heterocycles. The molecule has 1 aliphatic rings. The molecule has 2 rings (SSSR count). The van der Waals surface area contributed by atoms with Gasteiger partial charge in [0.2, 0.25) is 5.91 Å². The summed E-state index contributed by atoms with van der Waals surface area (Å²) in [4.78, 5) is 16.3. The second-order valence-electron chi connectivity index (χ2n) is 6.49. The van der Waals surface area contributed by atoms with Crippen molar-refractivity contribution in [3.8, 4) is 0 Å². The van der Waals surface area contributed by atoms with Crippen LogP contribution in [0.1, 0.15) is 57.7 Å². The summed E-state index contributed by atoms with van der Waals surface area (Å²) in [6, 6.07) is -0.788. The van der Waals surface area contributed by atoms with Crippen LogP contribution in [0.4, 0.5) is 13.2 Å². The number of halogens is 3. The van der Waals surface area contributed by atoms with Gasteiger partial charge in [-0.1, -0.05) is 26.7 Å². The molecule has 1 amide bonds. The van der Waals surface area contributed by atoms with Gasteiger partial charge in [-0.05, 0) is 12.8 Å². The van der Waals surface area contributed by atoms with Gasteiger partial charge in [0.05, 0.1) is 5.92 Å². The zero-order valence-corrected chi connectivity index (χ0v) is 13.6. The second kappa shape index (κ2) is 7.36. The summed E-state index contributed by atoms with van der Waals surface area (Å²) in [7, 11) is 0. The summed E-state index contributed by atoms with van der Waals surface area (Å²) < 4.78 is 41.0. The van der Waals surface area contributed by atoms with E-state index < -0.39 is 18.1 Å². The zero-order valence-electron chi connectivity index (χ0n) is 13.6. The molecule has 0 saturated heterocycles. The van der Waals surface area contributed by atoms with Gasteiger partial charge in [-0.3, -0.25) is 4.79 Å². The molecular formula is C16H24F3N3O. The first-order valence-corrected chi connectivity index (χ1v) is 8.16. The van der Waals surface area contributed by atoms with E-state index in [-0.39, 0.29) is 24.7 Å². The minimum Gasteiger partial charge on any atom is -0.353 e. The third kappa shape index (κ3) is 4.72. The van der Waals surface area contributed by atoms with Gasteiger partial charge in [0.1, 0.15) is 5.82 Å². The van der Waals surface area contributed by atoms with Crippen LogP contribution in [-0.4, -0.2) is 27.7 Å². The molecule has 1 fully saturated rings. The minimum atomic E-state index is -4.24. The van der Waals surface area contributed by atoms with Crippen LogP contribution in [0.25, 0.3) is 0 Å². The lowest BCUT2D eigenvalue weighted by molar-refractivity contribution is -0.189. The van der Waals surface area contributed by atoms with E-state index >= 15 is 0 Å². The fourth-order valence-corrected chi connectivity index (χ4v) is 3.21. The molecule has 4 nitrogen and oxygen atoms in total. The molecule has 1 heterocycles. The Hall–Kier alpha value is -1.53. The summed E-state index contributed by atoms with van der Waals surface area (Å²) in [5.41, 5.74) is 0. The molecule has 1 N–H and O–H groups in total. The number of aryl methyl sites for hydroxylation is 1. The molecule has 0 bridgehead atoms. The fraction of sp³-hybridized carbons (Fsp3) is 0.750. The smallest absolute Gasteiger partial charge is 0.353 e. The Kier molecular flexibility index (Phi) is 5.70. The number of hydrogen-bond donors (Lipinski definition) is 1. The highest BCUT2D eigenvalue weighted by Gasteiger charge is 2.45. The van der Waals surface area contributed by atoms with Crippen LogP contribution in [0.3, 0.4) is 0 Å². The first-order valence-electron chi connectivity index (χ1n) is 8.16. The first-order chi connectivity index (χ1) is 10.8. The second-order valence-corrected chi connectivity index (χ2v) is 6.49. The number of hydrogen-bond acceptors (Lipinski definition) is 2. The topological polar surface area (TPSA) is 46.9 Å². The normalized spacial score (nSPS) is 22.3. The Labute approximate surface area is 134 Å². The fourth-order valence-electron chi connectivity index (χ4n) is 3.21. The van der Waals surface area contributed by atoms with Gasteiger partial charge in [0.15, 0.2) is 0 Å². The predicted molar refractivity (Wildman–Crippen MR) is 80.9 cm³/mol. The maximum atomic E-state index is 13.0. The number of carbonyl (C=O) groups is 1. The van der Waals surface area contributed by atoms with E-state index in [4.69, 9.17) is 0 Å². The van der Waals surface area contributed by atoms with Crippen molar-refractivity contribution in [3.63, 3.8) is 0 Å². The summed E-state index contributed by atoms with van der Waals surface area (Å²) in [6.07, 6.45) is 1.20. The Morgan fingerprint density at radius 1 is 1.39 bits per heavy atom. The van der Waals surface area contributed by atoms with Crippen LogP contribution in [-0.2, 0) is 11.3 Å². The lowest BCUT2D eigenvalue weighted by Crippen LogP contribution is -2.47. The van der Waals surface area contributed by atoms with E-state index in [1.807, 2.05) is 18.4 Å². The highest BCUT2D eigenvalue weighted by Crippen LogP contribution is 2.37. The Bertz CT molecular complexity index is 525. The average molecular weight is 331 g/mol. The predicted octanol–water partition coefficient (Wildman–Crippen LogP) is 3.63. The molecule has 1 aromatic rings. The number of aromatic nitrogens is 2. The third-order valence-electron chi connectivity index (χ3n) is 4.38. The number of nitrogens with zero attached hydrogens (tertiary/aromatic N) is 2. The Morgan fingerprint density at radius 2 is 2.09 bits per heavy atom. The number of imidazole rings is 1. The lowest BCUT2D eigenvalue weighted by atomic mass is 9.84. The van der Waals surface area contributed by atoms with Crippen molar-refractivity contribution in [2.24, 2.45) is 5.92 Å². The molecule has 0 spiro atoms. The Balaban J connectivity index is 1.89. The molecule has 7 heteroatoms. The van der Waals surface area contributed by atoms with Crippen LogP contribution in [0, 0.1) is 5.92 Å². The third-order valence-corrected chi connectivity index (χ3v) is 4.38. The van der Waals surface area contributed by atoms with Crippen LogP contribution in [0.15, 0.2) is 12.4 Å². The zero-order chi connectivity index (χ0) is 17.0. The highest BCUT2D eigenvalue weighted by molar-refractivity contribution is 5.76. The van der Waals surface area contributed by atoms with Gasteiger partial charge < -0.3 is 9.88 Å². The SMILES string of the molecule is CC(C)c1nccn1CCC(=O)N[C@@H]1CCCC[C@H]1C(F)(F)F. The number of rotatable bonds is 5. The summed E-state index contributed by atoms with van der Waals surface area (Å²) in [6.45, 7) is 4.45. The number of carbonyl (C=O) groups excluding carboxylic acids is 1. The molecule has 1 saturated carbocycles. The van der Waals surface area contributed by atoms with Crippen molar-refractivity contribution >= 4 is 5.91 Å². The number of nitrogens with one attached hydrogen (secondary N) is 1. The summed E-state index contributed by atoms with van der Waals surface area (Å²) in [5, 5.41) is 2.59. The number of amides is 1. The van der Waals surface area contributed by atoms with Crippen molar-refractivity contribution in [1.29, 1.82) is 0 Å². The standard InChI is InChI=1S/C16H24F3N3O/c1-11(2)15-20-8-10-22(15)9-7-14(23)21-13-6-4-3-5-12(13)16(17,18)19/h8,10-13H,3-7,9H2,1-2H3,(H,21,23)/t12-,13-/m1/s1. The van der Waals surface area contributed by atoms with Crippen LogP contribution in [0.2, 0.25) is 0 Å². The molecule has 1 aliphatic carbocycles. The first kappa shape index (κ1) is 17.8. The highest BCUT2D eigenvalue weighted by atomic mass is 19.4. The number of alkyl halides is 3. The van der Waals surface area contributed by atoms with Crippen molar-refractivity contribution in [2.75, 3.05) is 0 Å². The molecule has 1 aromatic heterocycles. The van der Waals surface area contributed by atoms with E-state index in [1.54, 1.807) is 12.4 Å². The minimum absolute atomic E-state index is 0.105.